The van der Waals surface area contributed by atoms with Crippen LogP contribution in [0.15, 0.2) is 6.07 Å². The van der Waals surface area contributed by atoms with Gasteiger partial charge in [0.25, 0.3) is 0 Å². The zero-order valence-corrected chi connectivity index (χ0v) is 12.7. The molecule has 0 unspecified atom stereocenters. The van der Waals surface area contributed by atoms with E-state index in [0.717, 1.165) is 0 Å². The Bertz CT molecular complexity index is 670. The van der Waals surface area contributed by atoms with Crippen LogP contribution in [-0.4, -0.2) is 90.6 Å². The smallest absolute Gasteiger partial charge is 0.242 e. The number of methoxy groups -OCH3 is 1. The maximum absolute atomic E-state index is 10.2. The summed E-state index contributed by atoms with van der Waals surface area (Å²) in [5, 5.41) is 45.5. The van der Waals surface area contributed by atoms with E-state index in [1.54, 1.807) is 0 Å². The number of hydrogen-bond donors (Lipinski definition) is 5. The molecule has 1 aliphatic heterocycles. The molecule has 0 spiro atoms. The summed E-state index contributed by atoms with van der Waals surface area (Å²) in [6.45, 7) is -0.304. The number of tetrazole rings is 1. The van der Waals surface area contributed by atoms with E-state index in [-0.39, 0.29) is 30.7 Å². The Morgan fingerprint density at radius 2 is 2.17 bits per heavy atom. The Hall–Kier alpha value is -2.41. The van der Waals surface area contributed by atoms with Crippen molar-refractivity contribution in [3.63, 3.8) is 0 Å². The van der Waals surface area contributed by atoms with Gasteiger partial charge in [-0.1, -0.05) is 0 Å². The van der Waals surface area contributed by atoms with Crippen LogP contribution >= 0.6 is 0 Å². The zero-order valence-electron chi connectivity index (χ0n) is 12.7. The van der Waals surface area contributed by atoms with Crippen molar-refractivity contribution in [3.05, 3.63) is 6.07 Å². The molecule has 2 aromatic heterocycles. The van der Waals surface area contributed by atoms with Crippen molar-refractivity contribution in [1.82, 2.24) is 30.6 Å². The van der Waals surface area contributed by atoms with E-state index in [1.807, 2.05) is 0 Å². The van der Waals surface area contributed by atoms with Gasteiger partial charge in [-0.15, -0.1) is 10.2 Å². The first-order chi connectivity index (χ1) is 11.6. The van der Waals surface area contributed by atoms with E-state index in [0.29, 0.717) is 5.82 Å². The molecule has 12 heteroatoms. The number of rotatable bonds is 5. The molecule has 24 heavy (non-hydrogen) atoms. The zero-order chi connectivity index (χ0) is 17.1. The van der Waals surface area contributed by atoms with E-state index >= 15 is 0 Å². The molecule has 0 saturated carbocycles. The fourth-order valence-electron chi connectivity index (χ4n) is 2.32. The number of hydrogen-bond acceptors (Lipinski definition) is 11. The minimum atomic E-state index is -1.22. The normalized spacial score (nSPS) is 27.0. The van der Waals surface area contributed by atoms with E-state index in [4.69, 9.17) is 14.6 Å². The van der Waals surface area contributed by atoms with Crippen molar-refractivity contribution in [2.75, 3.05) is 25.6 Å². The Kier molecular flexibility index (Phi) is 4.80. The molecule has 0 aromatic carbocycles. The molecule has 0 aliphatic carbocycles. The van der Waals surface area contributed by atoms with Crippen LogP contribution in [0.3, 0.4) is 0 Å². The van der Waals surface area contributed by atoms with Crippen LogP contribution in [0.1, 0.15) is 0 Å². The van der Waals surface area contributed by atoms with Gasteiger partial charge in [0, 0.05) is 6.07 Å². The summed E-state index contributed by atoms with van der Waals surface area (Å²) in [4.78, 5) is 8.34. The maximum atomic E-state index is 10.2. The first-order valence-electron chi connectivity index (χ1n) is 7.14. The summed E-state index contributed by atoms with van der Waals surface area (Å²) in [6.07, 6.45) is -3.19. The predicted octanol–water partition coefficient (Wildman–Crippen LogP) is -2.44. The third-order valence-corrected chi connectivity index (χ3v) is 3.60. The predicted molar refractivity (Wildman–Crippen MR) is 78.0 cm³/mol. The molecule has 1 saturated heterocycles. The number of aliphatic hydroxyl groups is 3. The molecular weight excluding hydrogens is 322 g/mol. The average molecular weight is 339 g/mol. The highest BCUT2D eigenvalue weighted by Gasteiger charge is 2.38. The minimum absolute atomic E-state index is 0.0767. The summed E-state index contributed by atoms with van der Waals surface area (Å²) in [5.74, 6) is 0.930. The molecule has 130 valence electrons. The van der Waals surface area contributed by atoms with E-state index in [9.17, 15) is 10.2 Å². The third-order valence-electron chi connectivity index (χ3n) is 3.60. The first-order valence-corrected chi connectivity index (χ1v) is 7.14. The van der Waals surface area contributed by atoms with Crippen LogP contribution in [-0.2, 0) is 4.74 Å². The van der Waals surface area contributed by atoms with Gasteiger partial charge in [0.1, 0.15) is 24.1 Å². The number of nitrogens with one attached hydrogen (secondary N) is 2. The molecule has 12 nitrogen and oxygen atoms in total. The fourth-order valence-corrected chi connectivity index (χ4v) is 2.32. The van der Waals surface area contributed by atoms with Gasteiger partial charge in [-0.3, -0.25) is 0 Å². The lowest BCUT2D eigenvalue weighted by atomic mass is 9.98. The van der Waals surface area contributed by atoms with Gasteiger partial charge in [-0.05, 0) is 5.21 Å². The van der Waals surface area contributed by atoms with Crippen molar-refractivity contribution in [2.45, 2.75) is 24.4 Å². The molecule has 1 aliphatic rings. The molecule has 5 N–H and O–H groups in total. The number of ether oxygens (including phenoxy) is 2. The van der Waals surface area contributed by atoms with Gasteiger partial charge in [0.15, 0.2) is 0 Å². The topological polar surface area (TPSA) is 171 Å². The second kappa shape index (κ2) is 7.00. The van der Waals surface area contributed by atoms with Crippen LogP contribution in [0.25, 0.3) is 11.6 Å². The standard InChI is InChI=1S/C12H17N7O5/c1-23-8-2-7(14-11(15-8)12-16-18-19-17-12)13-5-4-24-6(3-20)10(22)9(5)21/h2,5-6,9-10,20-22H,3-4H2,1H3,(H,13,14,15)(H,16,17,18,19)/t5-,6+,9+,10-/m0/s1. The Labute approximate surface area is 135 Å². The second-order valence-corrected chi connectivity index (χ2v) is 5.14. The Balaban J connectivity index is 1.81. The number of aromatic amines is 1. The van der Waals surface area contributed by atoms with Gasteiger partial charge in [0.2, 0.25) is 17.5 Å². The number of aromatic nitrogens is 6. The quantitative estimate of drug-likeness (QED) is 0.392. The molecule has 1 fully saturated rings. The first kappa shape index (κ1) is 16.4. The molecular formula is C12H17N7O5. The van der Waals surface area contributed by atoms with E-state index in [2.05, 4.69) is 35.9 Å². The van der Waals surface area contributed by atoms with Gasteiger partial charge in [-0.2, -0.15) is 10.2 Å². The molecule has 3 heterocycles. The van der Waals surface area contributed by atoms with Crippen molar-refractivity contribution >= 4 is 5.82 Å². The molecule has 0 bridgehead atoms. The molecule has 0 radical (unpaired) electrons. The summed E-state index contributed by atoms with van der Waals surface area (Å²) in [6, 6.07) is 0.876. The second-order valence-electron chi connectivity index (χ2n) is 5.14. The van der Waals surface area contributed by atoms with Gasteiger partial charge in [-0.25, -0.2) is 4.98 Å². The number of anilines is 1. The summed E-state index contributed by atoms with van der Waals surface area (Å²) < 4.78 is 10.4. The number of H-pyrrole nitrogens is 1. The van der Waals surface area contributed by atoms with Gasteiger partial charge in [0.05, 0.1) is 26.4 Å². The van der Waals surface area contributed by atoms with Crippen LogP contribution in [0, 0.1) is 0 Å². The van der Waals surface area contributed by atoms with E-state index < -0.39 is 24.4 Å². The Morgan fingerprint density at radius 3 is 2.83 bits per heavy atom. The van der Waals surface area contributed by atoms with Crippen molar-refractivity contribution in [1.29, 1.82) is 0 Å². The van der Waals surface area contributed by atoms with E-state index in [1.165, 1.54) is 13.2 Å². The third kappa shape index (κ3) is 3.26. The molecule has 0 amide bonds. The summed E-state index contributed by atoms with van der Waals surface area (Å²) >= 11 is 0. The van der Waals surface area contributed by atoms with Crippen LogP contribution < -0.4 is 10.1 Å². The van der Waals surface area contributed by atoms with Crippen LogP contribution in [0.4, 0.5) is 5.82 Å². The fraction of sp³-hybridized carbons (Fsp3) is 0.583. The van der Waals surface area contributed by atoms with Gasteiger partial charge < -0.3 is 30.1 Å². The highest BCUT2D eigenvalue weighted by molar-refractivity contribution is 5.50. The highest BCUT2D eigenvalue weighted by Crippen LogP contribution is 2.22. The van der Waals surface area contributed by atoms with Crippen molar-refractivity contribution < 1.29 is 24.8 Å². The Morgan fingerprint density at radius 1 is 1.33 bits per heavy atom. The molecule has 3 rings (SSSR count). The number of aliphatic hydroxyl groups excluding tert-OH is 3. The summed E-state index contributed by atoms with van der Waals surface area (Å²) in [5.41, 5.74) is 0. The summed E-state index contributed by atoms with van der Waals surface area (Å²) in [7, 11) is 1.44. The average Bonchev–Trinajstić information content (AvgIpc) is 3.13. The van der Waals surface area contributed by atoms with Crippen molar-refractivity contribution in [2.24, 2.45) is 0 Å². The lowest BCUT2D eigenvalue weighted by molar-refractivity contribution is -0.152. The van der Waals surface area contributed by atoms with Crippen molar-refractivity contribution in [3.8, 4) is 17.5 Å². The highest BCUT2D eigenvalue weighted by atomic mass is 16.5. The van der Waals surface area contributed by atoms with Crippen LogP contribution in [0.2, 0.25) is 0 Å². The lowest BCUT2D eigenvalue weighted by Gasteiger charge is -2.37. The monoisotopic (exact) mass is 339 g/mol. The number of nitrogens with zero attached hydrogens (tertiary/aromatic N) is 5. The van der Waals surface area contributed by atoms with Gasteiger partial charge >= 0.3 is 0 Å². The SMILES string of the molecule is COc1cc(N[C@H]2CO[C@H](CO)[C@H](O)[C@@H]2O)nc(-c2nn[nH]n2)n1. The maximum Gasteiger partial charge on any atom is 0.242 e. The molecule has 4 atom stereocenters. The van der Waals surface area contributed by atoms with Crippen LogP contribution in [0.5, 0.6) is 5.88 Å². The lowest BCUT2D eigenvalue weighted by Crippen LogP contribution is -2.56. The molecule has 2 aromatic rings. The minimum Gasteiger partial charge on any atom is -0.481 e. The largest absolute Gasteiger partial charge is 0.481 e.